The van der Waals surface area contributed by atoms with Crippen LogP contribution in [-0.4, -0.2) is 38.8 Å². The van der Waals surface area contributed by atoms with Crippen molar-refractivity contribution in [2.45, 2.75) is 39.7 Å². The van der Waals surface area contributed by atoms with E-state index >= 15 is 0 Å². The maximum absolute atomic E-state index is 11.5. The van der Waals surface area contributed by atoms with Gasteiger partial charge in [0.2, 0.25) is 0 Å². The molecule has 1 atom stereocenters. The average molecular weight is 344 g/mol. The molecule has 2 heterocycles. The fraction of sp³-hybridized carbons (Fsp3) is 0.714. The highest BCUT2D eigenvalue weighted by molar-refractivity contribution is 9.10. The van der Waals surface area contributed by atoms with E-state index in [1.165, 1.54) is 0 Å². The smallest absolute Gasteiger partial charge is 0.310 e. The molecule has 5 nitrogen and oxygen atoms in total. The van der Waals surface area contributed by atoms with Crippen LogP contribution in [0.5, 0.6) is 0 Å². The van der Waals surface area contributed by atoms with Crippen LogP contribution in [0.25, 0.3) is 0 Å². The first-order valence-corrected chi connectivity index (χ1v) is 7.88. The van der Waals surface area contributed by atoms with Gasteiger partial charge in [0.05, 0.1) is 21.3 Å². The summed E-state index contributed by atoms with van der Waals surface area (Å²) in [4.78, 5) is 13.7. The van der Waals surface area contributed by atoms with Crippen molar-refractivity contribution in [2.75, 3.05) is 13.1 Å². The standard InChI is InChI=1S/C14H22BrN3O2/c1-4-10-12(15)11(17(3)16-10)8-18-7-6-14(5-2,9-18)13(19)20/h4-9H2,1-3H3,(H,19,20). The summed E-state index contributed by atoms with van der Waals surface area (Å²) in [6, 6.07) is 0. The third-order valence-electron chi connectivity index (χ3n) is 4.44. The Hall–Kier alpha value is -0.880. The molecule has 1 N–H and O–H groups in total. The summed E-state index contributed by atoms with van der Waals surface area (Å²) < 4.78 is 2.96. The second-order valence-electron chi connectivity index (χ2n) is 5.58. The average Bonchev–Trinajstić information content (AvgIpc) is 2.96. The Kier molecular flexibility index (Phi) is 4.54. The van der Waals surface area contributed by atoms with Crippen molar-refractivity contribution in [2.24, 2.45) is 12.5 Å². The van der Waals surface area contributed by atoms with E-state index in [9.17, 15) is 9.90 Å². The molecule has 1 aromatic heterocycles. The predicted molar refractivity (Wildman–Crippen MR) is 80.5 cm³/mol. The van der Waals surface area contributed by atoms with Gasteiger partial charge in [0, 0.05) is 20.1 Å². The van der Waals surface area contributed by atoms with Gasteiger partial charge in [-0.2, -0.15) is 5.10 Å². The molecule has 0 saturated carbocycles. The fourth-order valence-corrected chi connectivity index (χ4v) is 3.65. The van der Waals surface area contributed by atoms with Gasteiger partial charge in [-0.1, -0.05) is 13.8 Å². The first kappa shape index (κ1) is 15.5. The molecule has 1 fully saturated rings. The van der Waals surface area contributed by atoms with Crippen LogP contribution in [0.15, 0.2) is 4.47 Å². The number of aryl methyl sites for hydroxylation is 2. The molecule has 1 saturated heterocycles. The Morgan fingerprint density at radius 1 is 1.50 bits per heavy atom. The van der Waals surface area contributed by atoms with Crippen molar-refractivity contribution in [3.05, 3.63) is 15.9 Å². The number of halogens is 1. The maximum atomic E-state index is 11.5. The molecule has 0 aliphatic carbocycles. The molecule has 1 aromatic rings. The van der Waals surface area contributed by atoms with Gasteiger partial charge >= 0.3 is 5.97 Å². The second-order valence-corrected chi connectivity index (χ2v) is 6.38. The molecule has 1 unspecified atom stereocenters. The number of carboxylic acid groups (broad SMARTS) is 1. The van der Waals surface area contributed by atoms with E-state index < -0.39 is 11.4 Å². The van der Waals surface area contributed by atoms with Crippen LogP contribution in [0.4, 0.5) is 0 Å². The third-order valence-corrected chi connectivity index (χ3v) is 5.36. The molecule has 20 heavy (non-hydrogen) atoms. The minimum atomic E-state index is -0.666. The molecule has 2 rings (SSSR count). The monoisotopic (exact) mass is 343 g/mol. The van der Waals surface area contributed by atoms with Crippen molar-refractivity contribution in [1.29, 1.82) is 0 Å². The predicted octanol–water partition coefficient (Wildman–Crippen LogP) is 2.43. The number of hydrogen-bond acceptors (Lipinski definition) is 3. The molecule has 6 heteroatoms. The number of carbonyl (C=O) groups is 1. The Morgan fingerprint density at radius 3 is 2.65 bits per heavy atom. The zero-order valence-electron chi connectivity index (χ0n) is 12.3. The lowest BCUT2D eigenvalue weighted by Crippen LogP contribution is -2.34. The summed E-state index contributed by atoms with van der Waals surface area (Å²) in [5, 5.41) is 13.9. The largest absolute Gasteiger partial charge is 0.481 e. The van der Waals surface area contributed by atoms with E-state index in [1.807, 2.05) is 18.7 Å². The minimum absolute atomic E-state index is 0.571. The van der Waals surface area contributed by atoms with Crippen LogP contribution in [0, 0.1) is 5.41 Å². The number of nitrogens with zero attached hydrogens (tertiary/aromatic N) is 3. The van der Waals surface area contributed by atoms with E-state index in [1.54, 1.807) is 0 Å². The van der Waals surface area contributed by atoms with Gasteiger partial charge < -0.3 is 5.11 Å². The third kappa shape index (κ3) is 2.63. The SMILES string of the molecule is CCc1nn(C)c(CN2CCC(CC)(C(=O)O)C2)c1Br. The summed E-state index contributed by atoms with van der Waals surface area (Å²) in [6.45, 7) is 6.25. The number of likely N-dealkylation sites (tertiary alicyclic amines) is 1. The Morgan fingerprint density at radius 2 is 2.20 bits per heavy atom. The Labute approximate surface area is 128 Å². The molecule has 112 valence electrons. The van der Waals surface area contributed by atoms with Gasteiger partial charge in [0.25, 0.3) is 0 Å². The zero-order chi connectivity index (χ0) is 14.9. The fourth-order valence-electron chi connectivity index (χ4n) is 2.91. The van der Waals surface area contributed by atoms with Gasteiger partial charge in [0.1, 0.15) is 0 Å². The lowest BCUT2D eigenvalue weighted by Gasteiger charge is -2.23. The summed E-state index contributed by atoms with van der Waals surface area (Å²) in [5.41, 5.74) is 1.61. The van der Waals surface area contributed by atoms with Gasteiger partial charge in [-0.3, -0.25) is 14.4 Å². The number of rotatable bonds is 5. The van der Waals surface area contributed by atoms with Crippen LogP contribution < -0.4 is 0 Å². The Balaban J connectivity index is 2.13. The first-order chi connectivity index (χ1) is 9.43. The van der Waals surface area contributed by atoms with Crippen molar-refractivity contribution in [3.8, 4) is 0 Å². The molecular formula is C14H22BrN3O2. The number of aromatic nitrogens is 2. The van der Waals surface area contributed by atoms with Gasteiger partial charge in [-0.25, -0.2) is 0 Å². The maximum Gasteiger partial charge on any atom is 0.310 e. The quantitative estimate of drug-likeness (QED) is 0.891. The van der Waals surface area contributed by atoms with E-state index in [4.69, 9.17) is 0 Å². The van der Waals surface area contributed by atoms with Crippen LogP contribution >= 0.6 is 15.9 Å². The van der Waals surface area contributed by atoms with Gasteiger partial charge in [0.15, 0.2) is 0 Å². The minimum Gasteiger partial charge on any atom is -0.481 e. The number of hydrogen-bond donors (Lipinski definition) is 1. The molecular weight excluding hydrogens is 322 g/mol. The molecule has 1 aliphatic rings. The van der Waals surface area contributed by atoms with Crippen LogP contribution in [0.3, 0.4) is 0 Å². The van der Waals surface area contributed by atoms with Crippen molar-refractivity contribution in [3.63, 3.8) is 0 Å². The summed E-state index contributed by atoms with van der Waals surface area (Å²) >= 11 is 3.62. The van der Waals surface area contributed by atoms with E-state index in [2.05, 4.69) is 32.9 Å². The van der Waals surface area contributed by atoms with Crippen LogP contribution in [0.2, 0.25) is 0 Å². The van der Waals surface area contributed by atoms with Crippen LogP contribution in [0.1, 0.15) is 38.1 Å². The van der Waals surface area contributed by atoms with Gasteiger partial charge in [-0.05, 0) is 41.7 Å². The molecule has 0 aromatic carbocycles. The first-order valence-electron chi connectivity index (χ1n) is 7.09. The highest BCUT2D eigenvalue weighted by Crippen LogP contribution is 2.35. The van der Waals surface area contributed by atoms with Crippen molar-refractivity contribution in [1.82, 2.24) is 14.7 Å². The Bertz CT molecular complexity index is 515. The van der Waals surface area contributed by atoms with Gasteiger partial charge in [-0.15, -0.1) is 0 Å². The van der Waals surface area contributed by atoms with E-state index in [0.717, 1.165) is 41.8 Å². The molecule has 0 amide bonds. The number of carboxylic acids is 1. The number of aliphatic carboxylic acids is 1. The van der Waals surface area contributed by atoms with E-state index in [0.29, 0.717) is 13.0 Å². The molecule has 0 radical (unpaired) electrons. The second kappa shape index (κ2) is 5.85. The lowest BCUT2D eigenvalue weighted by molar-refractivity contribution is -0.148. The highest BCUT2D eigenvalue weighted by atomic mass is 79.9. The van der Waals surface area contributed by atoms with Crippen LogP contribution in [-0.2, 0) is 24.8 Å². The summed E-state index contributed by atoms with van der Waals surface area (Å²) in [6.07, 6.45) is 2.31. The van der Waals surface area contributed by atoms with Crippen molar-refractivity contribution >= 4 is 21.9 Å². The molecule has 0 bridgehead atoms. The van der Waals surface area contributed by atoms with E-state index in [-0.39, 0.29) is 0 Å². The topological polar surface area (TPSA) is 58.4 Å². The summed E-state index contributed by atoms with van der Waals surface area (Å²) in [5.74, 6) is -0.666. The summed E-state index contributed by atoms with van der Waals surface area (Å²) in [7, 11) is 1.94. The molecule has 1 aliphatic heterocycles. The lowest BCUT2D eigenvalue weighted by atomic mass is 9.84. The zero-order valence-corrected chi connectivity index (χ0v) is 13.9. The normalized spacial score (nSPS) is 23.4. The highest BCUT2D eigenvalue weighted by Gasteiger charge is 2.43. The van der Waals surface area contributed by atoms with Crippen molar-refractivity contribution < 1.29 is 9.90 Å². The molecule has 0 spiro atoms.